The number of aromatic carboxylic acids is 1. The van der Waals surface area contributed by atoms with Crippen LogP contribution < -0.4 is 5.56 Å². The molecule has 1 aromatic carbocycles. The van der Waals surface area contributed by atoms with Crippen molar-refractivity contribution in [2.75, 3.05) is 0 Å². The third kappa shape index (κ3) is 2.43. The Morgan fingerprint density at radius 2 is 2.05 bits per heavy atom. The largest absolute Gasteiger partial charge is 0.476 e. The summed E-state index contributed by atoms with van der Waals surface area (Å²) in [5, 5.41) is 16.5. The number of rotatable bonds is 3. The fraction of sp³-hybridized carbons (Fsp3) is 0.143. The molecular formula is C14H11N3O3S. The Bertz CT molecular complexity index is 898. The van der Waals surface area contributed by atoms with E-state index < -0.39 is 5.97 Å². The molecule has 0 aliphatic carbocycles. The first-order valence-electron chi connectivity index (χ1n) is 6.20. The lowest BCUT2D eigenvalue weighted by Crippen LogP contribution is -2.26. The van der Waals surface area contributed by atoms with E-state index in [4.69, 9.17) is 0 Å². The van der Waals surface area contributed by atoms with E-state index in [9.17, 15) is 14.7 Å². The average molecular weight is 301 g/mol. The van der Waals surface area contributed by atoms with Crippen molar-refractivity contribution in [2.45, 2.75) is 13.5 Å². The molecule has 0 aliphatic heterocycles. The van der Waals surface area contributed by atoms with Crippen LogP contribution >= 0.6 is 11.3 Å². The molecule has 0 bridgehead atoms. The maximum atomic E-state index is 12.4. The van der Waals surface area contributed by atoms with E-state index in [1.165, 1.54) is 11.3 Å². The summed E-state index contributed by atoms with van der Waals surface area (Å²) < 4.78 is 1.16. The summed E-state index contributed by atoms with van der Waals surface area (Å²) in [6.45, 7) is 2.03. The van der Waals surface area contributed by atoms with Crippen molar-refractivity contribution < 1.29 is 9.90 Å². The van der Waals surface area contributed by atoms with Gasteiger partial charge in [-0.3, -0.25) is 4.79 Å². The highest BCUT2D eigenvalue weighted by molar-refractivity contribution is 7.09. The van der Waals surface area contributed by atoms with E-state index >= 15 is 0 Å². The molecule has 21 heavy (non-hydrogen) atoms. The molecule has 0 amide bonds. The normalized spacial score (nSPS) is 10.9. The number of carboxylic acids is 1. The van der Waals surface area contributed by atoms with E-state index in [2.05, 4.69) is 10.1 Å². The van der Waals surface area contributed by atoms with Gasteiger partial charge in [-0.05, 0) is 13.0 Å². The third-order valence-electron chi connectivity index (χ3n) is 3.02. The number of hydrogen-bond donors (Lipinski definition) is 1. The zero-order valence-corrected chi connectivity index (χ0v) is 11.9. The molecule has 3 aromatic rings. The Hall–Kier alpha value is -2.54. The van der Waals surface area contributed by atoms with Crippen LogP contribution in [0.5, 0.6) is 0 Å². The van der Waals surface area contributed by atoms with Crippen LogP contribution in [0.15, 0.2) is 34.4 Å². The van der Waals surface area contributed by atoms with Gasteiger partial charge in [0.15, 0.2) is 5.69 Å². The fourth-order valence-corrected chi connectivity index (χ4v) is 2.86. The Kier molecular flexibility index (Phi) is 3.26. The van der Waals surface area contributed by atoms with Crippen LogP contribution in [0.4, 0.5) is 0 Å². The zero-order chi connectivity index (χ0) is 15.0. The molecule has 2 aromatic heterocycles. The van der Waals surface area contributed by atoms with Crippen molar-refractivity contribution in [2.24, 2.45) is 0 Å². The van der Waals surface area contributed by atoms with Gasteiger partial charge in [0.25, 0.3) is 5.56 Å². The van der Waals surface area contributed by atoms with Crippen molar-refractivity contribution in [3.05, 3.63) is 56.4 Å². The van der Waals surface area contributed by atoms with Crippen molar-refractivity contribution in [1.82, 2.24) is 14.8 Å². The molecule has 0 fully saturated rings. The lowest BCUT2D eigenvalue weighted by Gasteiger charge is -2.07. The van der Waals surface area contributed by atoms with Crippen molar-refractivity contribution in [3.63, 3.8) is 0 Å². The smallest absolute Gasteiger partial charge is 0.357 e. The van der Waals surface area contributed by atoms with Gasteiger partial charge in [0.05, 0.1) is 11.9 Å². The van der Waals surface area contributed by atoms with Crippen LogP contribution in [0.2, 0.25) is 0 Å². The van der Waals surface area contributed by atoms with E-state index in [1.807, 2.05) is 12.3 Å². The van der Waals surface area contributed by atoms with Crippen LogP contribution in [-0.4, -0.2) is 25.8 Å². The maximum Gasteiger partial charge on any atom is 0.357 e. The summed E-state index contributed by atoms with van der Waals surface area (Å²) in [6.07, 6.45) is 0. The van der Waals surface area contributed by atoms with Crippen LogP contribution in [0.3, 0.4) is 0 Å². The zero-order valence-electron chi connectivity index (χ0n) is 11.1. The van der Waals surface area contributed by atoms with Gasteiger partial charge in [-0.25, -0.2) is 14.5 Å². The summed E-state index contributed by atoms with van der Waals surface area (Å²) in [4.78, 5) is 28.0. The van der Waals surface area contributed by atoms with Crippen LogP contribution in [-0.2, 0) is 6.54 Å². The average Bonchev–Trinajstić information content (AvgIpc) is 2.87. The molecule has 1 N–H and O–H groups in total. The molecule has 0 aliphatic rings. The predicted molar refractivity (Wildman–Crippen MR) is 78.9 cm³/mol. The molecule has 3 rings (SSSR count). The van der Waals surface area contributed by atoms with E-state index in [0.717, 1.165) is 10.4 Å². The maximum absolute atomic E-state index is 12.4. The minimum atomic E-state index is -1.16. The monoisotopic (exact) mass is 301 g/mol. The number of carbonyl (C=O) groups is 1. The first-order valence-corrected chi connectivity index (χ1v) is 7.08. The van der Waals surface area contributed by atoms with Gasteiger partial charge < -0.3 is 5.11 Å². The number of nitrogens with zero attached hydrogens (tertiary/aromatic N) is 3. The lowest BCUT2D eigenvalue weighted by atomic mass is 10.1. The molecule has 0 atom stereocenters. The first-order chi connectivity index (χ1) is 10.1. The minimum Gasteiger partial charge on any atom is -0.476 e. The summed E-state index contributed by atoms with van der Waals surface area (Å²) in [5.74, 6) is -1.16. The minimum absolute atomic E-state index is 0.126. The number of thiazole rings is 1. The highest BCUT2D eigenvalue weighted by Crippen LogP contribution is 2.14. The van der Waals surface area contributed by atoms with Crippen molar-refractivity contribution in [1.29, 1.82) is 0 Å². The molecule has 0 saturated heterocycles. The number of aryl methyl sites for hydroxylation is 1. The molecule has 106 valence electrons. The first kappa shape index (κ1) is 13.4. The van der Waals surface area contributed by atoms with E-state index in [-0.39, 0.29) is 17.8 Å². The van der Waals surface area contributed by atoms with Gasteiger partial charge in [0, 0.05) is 16.5 Å². The molecule has 0 saturated carbocycles. The molecule has 7 heteroatoms. The Labute approximate surface area is 123 Å². The van der Waals surface area contributed by atoms with E-state index in [1.54, 1.807) is 24.3 Å². The number of carboxylic acid groups (broad SMARTS) is 1. The number of aromatic nitrogens is 3. The summed E-state index contributed by atoms with van der Waals surface area (Å²) >= 11 is 1.41. The van der Waals surface area contributed by atoms with Crippen LogP contribution in [0, 0.1) is 6.92 Å². The third-order valence-corrected chi connectivity index (χ3v) is 3.97. The molecule has 6 nitrogen and oxygen atoms in total. The van der Waals surface area contributed by atoms with Gasteiger partial charge in [0.1, 0.15) is 5.01 Å². The fourth-order valence-electron chi connectivity index (χ4n) is 2.10. The second-order valence-corrected chi connectivity index (χ2v) is 5.49. The van der Waals surface area contributed by atoms with Crippen molar-refractivity contribution in [3.8, 4) is 0 Å². The van der Waals surface area contributed by atoms with Gasteiger partial charge in [0.2, 0.25) is 0 Å². The Balaban J connectivity index is 2.21. The number of benzene rings is 1. The number of hydrogen-bond acceptors (Lipinski definition) is 5. The predicted octanol–water partition coefficient (Wildman–Crippen LogP) is 1.91. The number of fused-ring (bicyclic) bond motifs is 1. The molecular weight excluding hydrogens is 290 g/mol. The summed E-state index contributed by atoms with van der Waals surface area (Å²) in [6, 6.07) is 6.58. The SMILES string of the molecule is Cc1csc(Cn2nc(C(=O)O)c3ccccc3c2=O)n1. The van der Waals surface area contributed by atoms with Gasteiger partial charge >= 0.3 is 5.97 Å². The summed E-state index contributed by atoms with van der Waals surface area (Å²) in [7, 11) is 0. The van der Waals surface area contributed by atoms with Crippen molar-refractivity contribution >= 4 is 28.1 Å². The molecule has 0 radical (unpaired) electrons. The second kappa shape index (κ2) is 5.10. The van der Waals surface area contributed by atoms with Crippen LogP contribution in [0.1, 0.15) is 21.2 Å². The van der Waals surface area contributed by atoms with Gasteiger partial charge in [-0.2, -0.15) is 5.10 Å². The Morgan fingerprint density at radius 1 is 1.33 bits per heavy atom. The second-order valence-electron chi connectivity index (χ2n) is 4.54. The van der Waals surface area contributed by atoms with Crippen LogP contribution in [0.25, 0.3) is 10.8 Å². The molecule has 0 unspecified atom stereocenters. The Morgan fingerprint density at radius 3 is 2.67 bits per heavy atom. The van der Waals surface area contributed by atoms with Gasteiger partial charge in [-0.1, -0.05) is 18.2 Å². The standard InChI is InChI=1S/C14H11N3O3S/c1-8-7-21-11(15-8)6-17-13(18)10-5-3-2-4-9(10)12(16-17)14(19)20/h2-5,7H,6H2,1H3,(H,19,20). The summed E-state index contributed by atoms with van der Waals surface area (Å²) in [5.41, 5.74) is 0.421. The highest BCUT2D eigenvalue weighted by Gasteiger charge is 2.16. The highest BCUT2D eigenvalue weighted by atomic mass is 32.1. The quantitative estimate of drug-likeness (QED) is 0.798. The molecule has 0 spiro atoms. The lowest BCUT2D eigenvalue weighted by molar-refractivity contribution is 0.0690. The molecule has 2 heterocycles. The topological polar surface area (TPSA) is 85.1 Å². The van der Waals surface area contributed by atoms with E-state index in [0.29, 0.717) is 15.8 Å². The van der Waals surface area contributed by atoms with Gasteiger partial charge in [-0.15, -0.1) is 11.3 Å².